The fraction of sp³-hybridized carbons (Fsp3) is 0.238. The van der Waals surface area contributed by atoms with Gasteiger partial charge in [-0.3, -0.25) is 4.57 Å². The fourth-order valence-electron chi connectivity index (χ4n) is 6.77. The summed E-state index contributed by atoms with van der Waals surface area (Å²) in [5.41, 5.74) is 11.4. The summed E-state index contributed by atoms with van der Waals surface area (Å²) in [7, 11) is 0. The summed E-state index contributed by atoms with van der Waals surface area (Å²) in [6.45, 7) is 15.3. The smallest absolute Gasteiger partial charge is 0.137 e. The molecule has 0 amide bonds. The lowest BCUT2D eigenvalue weighted by Gasteiger charge is -2.15. The molecule has 0 aliphatic heterocycles. The van der Waals surface area contributed by atoms with Crippen molar-refractivity contribution < 1.29 is 4.74 Å². The van der Waals surface area contributed by atoms with Crippen LogP contribution in [-0.2, 0) is 6.42 Å². The van der Waals surface area contributed by atoms with Gasteiger partial charge in [0, 0.05) is 40.4 Å². The first-order valence-corrected chi connectivity index (χ1v) is 16.6. The number of aromatic nitrogens is 4. The van der Waals surface area contributed by atoms with Crippen molar-refractivity contribution in [2.45, 2.75) is 60.8 Å². The summed E-state index contributed by atoms with van der Waals surface area (Å²) >= 11 is 0. The molecule has 0 saturated heterocycles. The van der Waals surface area contributed by atoms with Gasteiger partial charge in [0.1, 0.15) is 17.3 Å². The molecule has 0 radical (unpaired) electrons. The van der Waals surface area contributed by atoms with Crippen LogP contribution in [-0.4, -0.2) is 19.3 Å². The molecule has 0 fully saturated rings. The van der Waals surface area contributed by atoms with Gasteiger partial charge in [-0.1, -0.05) is 64.1 Å². The molecule has 0 bridgehead atoms. The number of nitrogens with zero attached hydrogens (tertiary/aromatic N) is 4. The maximum atomic E-state index is 6.71. The molecule has 5 heteroatoms. The van der Waals surface area contributed by atoms with Gasteiger partial charge < -0.3 is 4.74 Å². The second-order valence-electron chi connectivity index (χ2n) is 13.5. The van der Waals surface area contributed by atoms with Crippen LogP contribution < -0.4 is 4.74 Å². The Balaban J connectivity index is 1.34. The van der Waals surface area contributed by atoms with Crippen molar-refractivity contribution in [2.75, 3.05) is 0 Å². The van der Waals surface area contributed by atoms with Crippen molar-refractivity contribution in [3.63, 3.8) is 0 Å². The van der Waals surface area contributed by atoms with E-state index in [-0.39, 0.29) is 0 Å². The third kappa shape index (κ3) is 5.83. The first-order chi connectivity index (χ1) is 22.7. The van der Waals surface area contributed by atoms with E-state index in [0.717, 1.165) is 51.8 Å². The number of aryl methyl sites for hydroxylation is 2. The van der Waals surface area contributed by atoms with Crippen LogP contribution in [0.4, 0.5) is 0 Å². The molecule has 0 unspecified atom stereocenters. The molecule has 5 nitrogen and oxygen atoms in total. The molecule has 0 atom stereocenters. The predicted molar refractivity (Wildman–Crippen MR) is 194 cm³/mol. The first kappa shape index (κ1) is 30.5. The molecule has 4 aromatic carbocycles. The highest BCUT2D eigenvalue weighted by Gasteiger charge is 2.18. The second kappa shape index (κ2) is 12.2. The lowest BCUT2D eigenvalue weighted by Crippen LogP contribution is -2.02. The highest BCUT2D eigenvalue weighted by molar-refractivity contribution is 6.09. The molecule has 0 aliphatic rings. The fourth-order valence-corrected chi connectivity index (χ4v) is 6.77. The van der Waals surface area contributed by atoms with E-state index in [1.165, 1.54) is 38.6 Å². The van der Waals surface area contributed by atoms with Gasteiger partial charge >= 0.3 is 0 Å². The Morgan fingerprint density at radius 2 is 1.53 bits per heavy atom. The molecule has 3 aromatic heterocycles. The normalized spacial score (nSPS) is 11.8. The molecule has 7 rings (SSSR count). The predicted octanol–water partition coefficient (Wildman–Crippen LogP) is 11.1. The van der Waals surface area contributed by atoms with E-state index in [1.807, 2.05) is 18.3 Å². The Hall–Kier alpha value is -5.16. The number of pyridine rings is 1. The average molecular weight is 619 g/mol. The average Bonchev–Trinajstić information content (AvgIpc) is 3.53. The maximum Gasteiger partial charge on any atom is 0.137 e. The van der Waals surface area contributed by atoms with Gasteiger partial charge in [-0.2, -0.15) is 5.10 Å². The largest absolute Gasteiger partial charge is 0.457 e. The number of benzene rings is 4. The SMILES string of the molecule is Cc1ccnc(-n2c3ccc(CC(C)C)cc3c3ccc(Oc4cc(C(C)C)cc(-n5nc(C)c(-c6ccccc6)c5C)c4)cc32)c1. The van der Waals surface area contributed by atoms with Crippen molar-refractivity contribution in [1.82, 2.24) is 19.3 Å². The zero-order valence-corrected chi connectivity index (χ0v) is 28.4. The lowest BCUT2D eigenvalue weighted by molar-refractivity contribution is 0.481. The zero-order valence-electron chi connectivity index (χ0n) is 28.4. The number of rotatable bonds is 8. The van der Waals surface area contributed by atoms with E-state index < -0.39 is 0 Å². The van der Waals surface area contributed by atoms with Crippen LogP contribution in [0.1, 0.15) is 61.7 Å². The number of hydrogen-bond donors (Lipinski definition) is 0. The summed E-state index contributed by atoms with van der Waals surface area (Å²) in [6, 6.07) is 34.4. The Kier molecular flexibility index (Phi) is 7.93. The summed E-state index contributed by atoms with van der Waals surface area (Å²) in [4.78, 5) is 4.79. The van der Waals surface area contributed by atoms with Crippen molar-refractivity contribution in [1.29, 1.82) is 0 Å². The van der Waals surface area contributed by atoms with Gasteiger partial charge in [0.15, 0.2) is 0 Å². The molecule has 7 aromatic rings. The molecule has 47 heavy (non-hydrogen) atoms. The number of hydrogen-bond acceptors (Lipinski definition) is 3. The molecule has 0 aliphatic carbocycles. The second-order valence-corrected chi connectivity index (χ2v) is 13.5. The van der Waals surface area contributed by atoms with Gasteiger partial charge in [0.05, 0.1) is 22.4 Å². The highest BCUT2D eigenvalue weighted by Crippen LogP contribution is 2.37. The molecule has 0 N–H and O–H groups in total. The lowest BCUT2D eigenvalue weighted by atomic mass is 10.0. The molecule has 236 valence electrons. The minimum Gasteiger partial charge on any atom is -0.457 e. The minimum atomic E-state index is 0.320. The van der Waals surface area contributed by atoms with Crippen LogP contribution in [0.25, 0.3) is 44.4 Å². The molecule has 0 spiro atoms. The Labute approximate surface area is 277 Å². The van der Waals surface area contributed by atoms with E-state index in [2.05, 4.69) is 143 Å². The van der Waals surface area contributed by atoms with E-state index in [4.69, 9.17) is 14.8 Å². The third-order valence-corrected chi connectivity index (χ3v) is 8.99. The Morgan fingerprint density at radius 3 is 2.28 bits per heavy atom. The van der Waals surface area contributed by atoms with Gasteiger partial charge in [0.2, 0.25) is 0 Å². The van der Waals surface area contributed by atoms with Crippen molar-refractivity contribution in [3.8, 4) is 34.1 Å². The molecular formula is C42H42N4O. The third-order valence-electron chi connectivity index (χ3n) is 8.99. The van der Waals surface area contributed by atoms with Crippen LogP contribution in [0.5, 0.6) is 11.5 Å². The van der Waals surface area contributed by atoms with Crippen LogP contribution in [0.3, 0.4) is 0 Å². The highest BCUT2D eigenvalue weighted by atomic mass is 16.5. The van der Waals surface area contributed by atoms with Crippen molar-refractivity contribution in [2.24, 2.45) is 5.92 Å². The molecule has 3 heterocycles. The number of ether oxygens (including phenoxy) is 1. The van der Waals surface area contributed by atoms with Gasteiger partial charge in [0.25, 0.3) is 0 Å². The monoisotopic (exact) mass is 618 g/mol. The number of fused-ring (bicyclic) bond motifs is 3. The Bertz CT molecular complexity index is 2240. The summed E-state index contributed by atoms with van der Waals surface area (Å²) in [5, 5.41) is 7.42. The van der Waals surface area contributed by atoms with Gasteiger partial charge in [-0.25, -0.2) is 9.67 Å². The standard InChI is InChI=1S/C42H42N4O/c1-26(2)19-31-13-16-39-38(21-31)37-15-14-35(25-40(37)45(39)41-20-28(5)17-18-43-41)47-36-23-33(27(3)4)22-34(24-36)46-30(7)42(29(6)44-46)32-11-9-8-10-12-32/h8-18,20-27H,19H2,1-7H3. The van der Waals surface area contributed by atoms with E-state index in [0.29, 0.717) is 11.8 Å². The minimum absolute atomic E-state index is 0.320. The topological polar surface area (TPSA) is 44.9 Å². The summed E-state index contributed by atoms with van der Waals surface area (Å²) in [6.07, 6.45) is 2.93. The van der Waals surface area contributed by atoms with E-state index >= 15 is 0 Å². The van der Waals surface area contributed by atoms with Crippen LogP contribution in [0, 0.1) is 26.7 Å². The van der Waals surface area contributed by atoms with Crippen molar-refractivity contribution in [3.05, 3.63) is 131 Å². The van der Waals surface area contributed by atoms with E-state index in [9.17, 15) is 0 Å². The van der Waals surface area contributed by atoms with Gasteiger partial charge in [-0.05, 0) is 110 Å². The van der Waals surface area contributed by atoms with Crippen molar-refractivity contribution >= 4 is 21.8 Å². The van der Waals surface area contributed by atoms with Crippen LogP contribution in [0.15, 0.2) is 103 Å². The molecular weight excluding hydrogens is 576 g/mol. The maximum absolute atomic E-state index is 6.71. The van der Waals surface area contributed by atoms with Crippen LogP contribution >= 0.6 is 0 Å². The summed E-state index contributed by atoms with van der Waals surface area (Å²) in [5.74, 6) is 3.38. The molecule has 0 saturated carbocycles. The first-order valence-electron chi connectivity index (χ1n) is 16.6. The van der Waals surface area contributed by atoms with Crippen LogP contribution in [0.2, 0.25) is 0 Å². The summed E-state index contributed by atoms with van der Waals surface area (Å²) < 4.78 is 11.0. The Morgan fingerprint density at radius 1 is 0.723 bits per heavy atom. The van der Waals surface area contributed by atoms with E-state index in [1.54, 1.807) is 0 Å². The quantitative estimate of drug-likeness (QED) is 0.170. The van der Waals surface area contributed by atoms with Gasteiger partial charge in [-0.15, -0.1) is 0 Å². The zero-order chi connectivity index (χ0) is 32.8.